The summed E-state index contributed by atoms with van der Waals surface area (Å²) in [6.07, 6.45) is 0.540. The van der Waals surface area contributed by atoms with E-state index in [0.717, 1.165) is 11.1 Å². The monoisotopic (exact) mass is 460 g/mol. The quantitative estimate of drug-likeness (QED) is 0.452. The van der Waals surface area contributed by atoms with Crippen molar-refractivity contribution in [3.63, 3.8) is 0 Å². The zero-order chi connectivity index (χ0) is 23.4. The molecule has 0 unspecified atom stereocenters. The van der Waals surface area contributed by atoms with Crippen LogP contribution in [-0.2, 0) is 16.0 Å². The van der Waals surface area contributed by atoms with Gasteiger partial charge in [-0.2, -0.15) is 0 Å². The summed E-state index contributed by atoms with van der Waals surface area (Å²) < 4.78 is 5.70. The summed E-state index contributed by atoms with van der Waals surface area (Å²) in [4.78, 5) is 28.2. The second kappa shape index (κ2) is 9.92. The van der Waals surface area contributed by atoms with Gasteiger partial charge in [-0.15, -0.1) is 0 Å². The van der Waals surface area contributed by atoms with Gasteiger partial charge < -0.3 is 10.1 Å². The molecular weight excluding hydrogens is 436 g/mol. The molecule has 3 aromatic carbocycles. The first-order valence-corrected chi connectivity index (χ1v) is 11.3. The Hall–Kier alpha value is -3.57. The number of rotatable bonds is 8. The highest BCUT2D eigenvalue weighted by Gasteiger charge is 2.39. The Kier molecular flexibility index (Phi) is 6.80. The van der Waals surface area contributed by atoms with Gasteiger partial charge >= 0.3 is 0 Å². The molecule has 0 atom stereocenters. The molecule has 168 valence electrons. The molecule has 3 aromatic rings. The van der Waals surface area contributed by atoms with Crippen molar-refractivity contribution < 1.29 is 14.3 Å². The van der Waals surface area contributed by atoms with Crippen molar-refractivity contribution >= 4 is 34.7 Å². The number of hydrogen-bond donors (Lipinski definition) is 1. The predicted molar refractivity (Wildman–Crippen MR) is 131 cm³/mol. The molecule has 2 amide bonds. The highest BCUT2D eigenvalue weighted by molar-refractivity contribution is 6.36. The van der Waals surface area contributed by atoms with Crippen LogP contribution in [0.25, 0.3) is 5.57 Å². The third-order valence-corrected chi connectivity index (χ3v) is 5.74. The number of carbonyl (C=O) groups is 2. The standard InChI is InChI=1S/C27H25ClN2O3/c1-3-33-23-7-5-4-6-22(23)29-25-24(20-12-8-18(2)9-13-20)26(31)30(27(25)32)17-16-19-10-14-21(28)15-11-19/h4-15,29H,3,16-17H2,1-2H3. The summed E-state index contributed by atoms with van der Waals surface area (Å²) in [5.41, 5.74) is 4.03. The molecule has 1 aliphatic rings. The summed E-state index contributed by atoms with van der Waals surface area (Å²) in [5.74, 6) is -0.0410. The normalized spacial score (nSPS) is 13.6. The average molecular weight is 461 g/mol. The maximum Gasteiger partial charge on any atom is 0.278 e. The summed E-state index contributed by atoms with van der Waals surface area (Å²) in [5, 5.41) is 3.85. The molecule has 0 aliphatic carbocycles. The lowest BCUT2D eigenvalue weighted by Gasteiger charge is -2.16. The minimum absolute atomic E-state index is 0.257. The van der Waals surface area contributed by atoms with Crippen molar-refractivity contribution in [1.82, 2.24) is 4.90 Å². The van der Waals surface area contributed by atoms with Crippen molar-refractivity contribution in [2.45, 2.75) is 20.3 Å². The first-order chi connectivity index (χ1) is 16.0. The van der Waals surface area contributed by atoms with E-state index in [1.165, 1.54) is 4.90 Å². The lowest BCUT2D eigenvalue weighted by molar-refractivity contribution is -0.136. The van der Waals surface area contributed by atoms with E-state index in [2.05, 4.69) is 5.32 Å². The van der Waals surface area contributed by atoms with Gasteiger partial charge in [0.1, 0.15) is 11.4 Å². The van der Waals surface area contributed by atoms with E-state index in [1.54, 1.807) is 12.1 Å². The lowest BCUT2D eigenvalue weighted by Crippen LogP contribution is -2.34. The number of halogens is 1. The Morgan fingerprint density at radius 1 is 0.909 bits per heavy atom. The summed E-state index contributed by atoms with van der Waals surface area (Å²) >= 11 is 5.97. The van der Waals surface area contributed by atoms with Gasteiger partial charge in [-0.3, -0.25) is 14.5 Å². The van der Waals surface area contributed by atoms with Gasteiger partial charge in [-0.1, -0.05) is 65.7 Å². The van der Waals surface area contributed by atoms with Crippen molar-refractivity contribution in [3.8, 4) is 5.75 Å². The van der Waals surface area contributed by atoms with Crippen LogP contribution >= 0.6 is 11.6 Å². The number of amides is 2. The van der Waals surface area contributed by atoms with Crippen LogP contribution in [0.2, 0.25) is 5.02 Å². The zero-order valence-corrected chi connectivity index (χ0v) is 19.4. The number of anilines is 1. The zero-order valence-electron chi connectivity index (χ0n) is 18.6. The second-order valence-electron chi connectivity index (χ2n) is 7.81. The molecule has 1 aliphatic heterocycles. The molecule has 4 rings (SSSR count). The number of nitrogens with zero attached hydrogens (tertiary/aromatic N) is 1. The molecule has 0 fully saturated rings. The number of ether oxygens (including phenoxy) is 1. The van der Waals surface area contributed by atoms with E-state index in [4.69, 9.17) is 16.3 Å². The van der Waals surface area contributed by atoms with Crippen LogP contribution in [0.3, 0.4) is 0 Å². The maximum absolute atomic E-state index is 13.4. The third kappa shape index (κ3) is 4.94. The fraction of sp³-hybridized carbons (Fsp3) is 0.185. The molecule has 0 bridgehead atoms. The van der Waals surface area contributed by atoms with Gasteiger partial charge in [0.25, 0.3) is 11.8 Å². The number of imide groups is 1. The first-order valence-electron chi connectivity index (χ1n) is 10.9. The Labute approximate surface area is 198 Å². The predicted octanol–water partition coefficient (Wildman–Crippen LogP) is 5.48. The van der Waals surface area contributed by atoms with E-state index in [-0.39, 0.29) is 24.1 Å². The molecule has 0 saturated heterocycles. The van der Waals surface area contributed by atoms with Crippen LogP contribution in [0.15, 0.2) is 78.5 Å². The van der Waals surface area contributed by atoms with Crippen molar-refractivity contribution in [3.05, 3.63) is 100 Å². The van der Waals surface area contributed by atoms with E-state index < -0.39 is 0 Å². The Bertz CT molecular complexity index is 1200. The minimum atomic E-state index is -0.351. The fourth-order valence-electron chi connectivity index (χ4n) is 3.76. The van der Waals surface area contributed by atoms with E-state index >= 15 is 0 Å². The number of hydrogen-bond acceptors (Lipinski definition) is 4. The van der Waals surface area contributed by atoms with Gasteiger partial charge in [-0.25, -0.2) is 0 Å². The van der Waals surface area contributed by atoms with Crippen LogP contribution in [0, 0.1) is 6.92 Å². The molecule has 0 radical (unpaired) electrons. The largest absolute Gasteiger partial charge is 0.492 e. The van der Waals surface area contributed by atoms with Gasteiger partial charge in [0.2, 0.25) is 0 Å². The SMILES string of the molecule is CCOc1ccccc1NC1=C(c2ccc(C)cc2)C(=O)N(CCc2ccc(Cl)cc2)C1=O. The molecule has 5 nitrogen and oxygen atoms in total. The molecule has 1 N–H and O–H groups in total. The molecule has 1 heterocycles. The number of benzene rings is 3. The Balaban J connectivity index is 1.67. The Morgan fingerprint density at radius 2 is 1.61 bits per heavy atom. The van der Waals surface area contributed by atoms with Gasteiger partial charge in [0.15, 0.2) is 0 Å². The first kappa shape index (κ1) is 22.6. The molecule has 0 aromatic heterocycles. The third-order valence-electron chi connectivity index (χ3n) is 5.49. The molecule has 0 saturated carbocycles. The van der Waals surface area contributed by atoms with E-state index in [9.17, 15) is 9.59 Å². The Morgan fingerprint density at radius 3 is 2.30 bits per heavy atom. The number of nitrogens with one attached hydrogen (secondary N) is 1. The molecule has 6 heteroatoms. The summed E-state index contributed by atoms with van der Waals surface area (Å²) in [6.45, 7) is 4.64. The van der Waals surface area contributed by atoms with Crippen molar-refractivity contribution in [2.75, 3.05) is 18.5 Å². The molecule has 33 heavy (non-hydrogen) atoms. The van der Waals surface area contributed by atoms with Crippen molar-refractivity contribution in [1.29, 1.82) is 0 Å². The van der Waals surface area contributed by atoms with Gasteiger partial charge in [-0.05, 0) is 55.7 Å². The van der Waals surface area contributed by atoms with Crippen molar-refractivity contribution in [2.24, 2.45) is 0 Å². The minimum Gasteiger partial charge on any atom is -0.492 e. The van der Waals surface area contributed by atoms with E-state index in [0.29, 0.717) is 40.6 Å². The smallest absolute Gasteiger partial charge is 0.278 e. The maximum atomic E-state index is 13.4. The number of aryl methyl sites for hydroxylation is 1. The average Bonchev–Trinajstić information content (AvgIpc) is 3.04. The van der Waals surface area contributed by atoms with Crippen LogP contribution in [-0.4, -0.2) is 29.9 Å². The molecule has 0 spiro atoms. The second-order valence-corrected chi connectivity index (χ2v) is 8.25. The lowest BCUT2D eigenvalue weighted by atomic mass is 10.0. The van der Waals surface area contributed by atoms with Crippen LogP contribution < -0.4 is 10.1 Å². The fourth-order valence-corrected chi connectivity index (χ4v) is 3.89. The number of carbonyl (C=O) groups excluding carboxylic acids is 2. The topological polar surface area (TPSA) is 58.6 Å². The molecular formula is C27H25ClN2O3. The highest BCUT2D eigenvalue weighted by atomic mass is 35.5. The van der Waals surface area contributed by atoms with E-state index in [1.807, 2.05) is 74.5 Å². The van der Waals surface area contributed by atoms with Gasteiger partial charge in [0, 0.05) is 11.6 Å². The summed E-state index contributed by atoms with van der Waals surface area (Å²) in [7, 11) is 0. The van der Waals surface area contributed by atoms with Gasteiger partial charge in [0.05, 0.1) is 17.9 Å². The highest BCUT2D eigenvalue weighted by Crippen LogP contribution is 2.33. The van der Waals surface area contributed by atoms with Crippen LogP contribution in [0.5, 0.6) is 5.75 Å². The van der Waals surface area contributed by atoms with Crippen LogP contribution in [0.1, 0.15) is 23.6 Å². The number of para-hydroxylation sites is 2. The van der Waals surface area contributed by atoms with Crippen LogP contribution in [0.4, 0.5) is 5.69 Å². The summed E-state index contributed by atoms with van der Waals surface area (Å²) in [6, 6.07) is 22.4.